The number of rotatable bonds is 8. The molecule has 0 radical (unpaired) electrons. The summed E-state index contributed by atoms with van der Waals surface area (Å²) >= 11 is 0. The fourth-order valence-electron chi connectivity index (χ4n) is 2.21. The van der Waals surface area contributed by atoms with E-state index in [4.69, 9.17) is 4.74 Å². The summed E-state index contributed by atoms with van der Waals surface area (Å²) < 4.78 is 5.76. The summed E-state index contributed by atoms with van der Waals surface area (Å²) in [5, 5.41) is 3.64. The smallest absolute Gasteiger partial charge is 0.0803 e. The van der Waals surface area contributed by atoms with Gasteiger partial charge in [-0.1, -0.05) is 44.2 Å². The zero-order valence-corrected chi connectivity index (χ0v) is 12.2. The molecule has 2 nitrogen and oxygen atoms in total. The second-order valence-electron chi connectivity index (χ2n) is 5.07. The molecule has 0 spiro atoms. The molecule has 18 heavy (non-hydrogen) atoms. The molecule has 0 aliphatic heterocycles. The van der Waals surface area contributed by atoms with Crippen molar-refractivity contribution in [2.24, 2.45) is 0 Å². The van der Waals surface area contributed by atoms with Crippen molar-refractivity contribution in [2.45, 2.75) is 51.7 Å². The van der Waals surface area contributed by atoms with Gasteiger partial charge in [0.2, 0.25) is 0 Å². The molecular weight excluding hydrogens is 222 g/mol. The second-order valence-corrected chi connectivity index (χ2v) is 5.07. The molecule has 1 N–H and O–H groups in total. The minimum absolute atomic E-state index is 0.106. The third kappa shape index (κ3) is 4.11. The first kappa shape index (κ1) is 15.2. The van der Waals surface area contributed by atoms with Crippen LogP contribution >= 0.6 is 0 Å². The van der Waals surface area contributed by atoms with Crippen molar-refractivity contribution in [3.63, 3.8) is 0 Å². The highest BCUT2D eigenvalue weighted by Gasteiger charge is 2.31. The molecule has 0 aromatic heterocycles. The first-order chi connectivity index (χ1) is 8.66. The first-order valence-corrected chi connectivity index (χ1v) is 6.98. The highest BCUT2D eigenvalue weighted by atomic mass is 16.5. The van der Waals surface area contributed by atoms with Gasteiger partial charge in [0.05, 0.1) is 5.60 Å². The fourth-order valence-corrected chi connectivity index (χ4v) is 2.21. The quantitative estimate of drug-likeness (QED) is 0.762. The average molecular weight is 249 g/mol. The Morgan fingerprint density at radius 3 is 2.39 bits per heavy atom. The van der Waals surface area contributed by atoms with E-state index < -0.39 is 0 Å². The van der Waals surface area contributed by atoms with Gasteiger partial charge in [-0.05, 0) is 38.3 Å². The Hall–Kier alpha value is -0.860. The summed E-state index contributed by atoms with van der Waals surface area (Å²) in [6.45, 7) is 7.62. The Bertz CT molecular complexity index is 319. The lowest BCUT2D eigenvalue weighted by Gasteiger charge is -2.36. The Labute approximate surface area is 112 Å². The van der Waals surface area contributed by atoms with Crippen molar-refractivity contribution in [1.29, 1.82) is 0 Å². The van der Waals surface area contributed by atoms with Gasteiger partial charge in [-0.3, -0.25) is 0 Å². The van der Waals surface area contributed by atoms with E-state index in [0.717, 1.165) is 25.8 Å². The summed E-state index contributed by atoms with van der Waals surface area (Å²) in [5.41, 5.74) is 1.26. The minimum Gasteiger partial charge on any atom is -0.377 e. The molecule has 2 atom stereocenters. The fraction of sp³-hybridized carbons (Fsp3) is 0.625. The number of benzene rings is 1. The van der Waals surface area contributed by atoms with Gasteiger partial charge < -0.3 is 10.1 Å². The summed E-state index contributed by atoms with van der Waals surface area (Å²) in [4.78, 5) is 0. The highest BCUT2D eigenvalue weighted by molar-refractivity contribution is 5.17. The minimum atomic E-state index is -0.106. The molecule has 1 aromatic rings. The van der Waals surface area contributed by atoms with Crippen LogP contribution in [0.3, 0.4) is 0 Å². The van der Waals surface area contributed by atoms with Crippen molar-refractivity contribution in [3.8, 4) is 0 Å². The van der Waals surface area contributed by atoms with E-state index in [1.54, 1.807) is 0 Å². The zero-order chi connectivity index (χ0) is 13.4. The molecule has 0 saturated carbocycles. The number of hydrogen-bond acceptors (Lipinski definition) is 2. The Balaban J connectivity index is 2.78. The van der Waals surface area contributed by atoms with Crippen molar-refractivity contribution in [2.75, 3.05) is 13.7 Å². The molecule has 0 aliphatic carbocycles. The zero-order valence-electron chi connectivity index (χ0n) is 12.2. The second kappa shape index (κ2) is 7.55. The van der Waals surface area contributed by atoms with E-state index in [1.807, 2.05) is 7.11 Å². The maximum absolute atomic E-state index is 5.76. The third-order valence-electron chi connectivity index (χ3n) is 3.83. The number of methoxy groups -OCH3 is 1. The van der Waals surface area contributed by atoms with E-state index in [2.05, 4.69) is 56.4 Å². The predicted octanol–water partition coefficient (Wildman–Crippen LogP) is 3.41. The summed E-state index contributed by atoms with van der Waals surface area (Å²) in [5.74, 6) is 0. The van der Waals surface area contributed by atoms with Gasteiger partial charge in [0.15, 0.2) is 0 Å². The van der Waals surface area contributed by atoms with Crippen LogP contribution in [0.4, 0.5) is 0 Å². The van der Waals surface area contributed by atoms with Gasteiger partial charge in [-0.15, -0.1) is 0 Å². The summed E-state index contributed by atoms with van der Waals surface area (Å²) in [6, 6.07) is 11.0. The van der Waals surface area contributed by atoms with Crippen molar-refractivity contribution in [1.82, 2.24) is 5.32 Å². The molecule has 0 amide bonds. The Morgan fingerprint density at radius 2 is 1.89 bits per heavy atom. The van der Waals surface area contributed by atoms with Crippen LogP contribution in [0.5, 0.6) is 0 Å². The predicted molar refractivity (Wildman–Crippen MR) is 77.9 cm³/mol. The van der Waals surface area contributed by atoms with Gasteiger partial charge in [0.1, 0.15) is 0 Å². The standard InChI is InChI=1S/C16H27NO/c1-5-12-17-15(16(3,6-2)18-4)13-14-10-8-7-9-11-14/h7-11,15,17H,5-6,12-13H2,1-4H3. The maximum atomic E-state index is 5.76. The van der Waals surface area contributed by atoms with E-state index in [0.29, 0.717) is 6.04 Å². The molecule has 102 valence electrons. The van der Waals surface area contributed by atoms with E-state index in [9.17, 15) is 0 Å². The Morgan fingerprint density at radius 1 is 1.22 bits per heavy atom. The number of nitrogens with one attached hydrogen (secondary N) is 1. The molecule has 0 heterocycles. The molecule has 0 saturated heterocycles. The molecule has 2 unspecified atom stereocenters. The molecule has 1 rings (SSSR count). The van der Waals surface area contributed by atoms with Crippen LogP contribution in [0.1, 0.15) is 39.2 Å². The highest BCUT2D eigenvalue weighted by Crippen LogP contribution is 2.22. The lowest BCUT2D eigenvalue weighted by molar-refractivity contribution is -0.0287. The topological polar surface area (TPSA) is 21.3 Å². The van der Waals surface area contributed by atoms with Crippen molar-refractivity contribution >= 4 is 0 Å². The van der Waals surface area contributed by atoms with Gasteiger partial charge in [0, 0.05) is 13.2 Å². The summed E-state index contributed by atoms with van der Waals surface area (Å²) in [7, 11) is 1.81. The molecule has 0 fully saturated rings. The van der Waals surface area contributed by atoms with Crippen LogP contribution in [-0.4, -0.2) is 25.3 Å². The van der Waals surface area contributed by atoms with Crippen LogP contribution in [0.15, 0.2) is 30.3 Å². The van der Waals surface area contributed by atoms with Crippen LogP contribution in [-0.2, 0) is 11.2 Å². The van der Waals surface area contributed by atoms with Crippen LogP contribution < -0.4 is 5.32 Å². The lowest BCUT2D eigenvalue weighted by Crippen LogP contribution is -2.51. The molecule has 2 heteroatoms. The normalized spacial score (nSPS) is 16.2. The molecule has 0 bridgehead atoms. The number of hydrogen-bond donors (Lipinski definition) is 1. The molecular formula is C16H27NO. The largest absolute Gasteiger partial charge is 0.377 e. The molecule has 0 aliphatic rings. The van der Waals surface area contributed by atoms with E-state index in [-0.39, 0.29) is 5.60 Å². The van der Waals surface area contributed by atoms with Gasteiger partial charge in [-0.2, -0.15) is 0 Å². The van der Waals surface area contributed by atoms with Gasteiger partial charge in [-0.25, -0.2) is 0 Å². The lowest BCUT2D eigenvalue weighted by atomic mass is 9.88. The van der Waals surface area contributed by atoms with Gasteiger partial charge in [0.25, 0.3) is 0 Å². The SMILES string of the molecule is CCCNC(Cc1ccccc1)C(C)(CC)OC. The first-order valence-electron chi connectivity index (χ1n) is 6.98. The van der Waals surface area contributed by atoms with Gasteiger partial charge >= 0.3 is 0 Å². The van der Waals surface area contributed by atoms with E-state index >= 15 is 0 Å². The number of ether oxygens (including phenoxy) is 1. The molecule has 1 aromatic carbocycles. The third-order valence-corrected chi connectivity index (χ3v) is 3.83. The van der Waals surface area contributed by atoms with Crippen LogP contribution in [0, 0.1) is 0 Å². The monoisotopic (exact) mass is 249 g/mol. The maximum Gasteiger partial charge on any atom is 0.0803 e. The van der Waals surface area contributed by atoms with Crippen LogP contribution in [0.2, 0.25) is 0 Å². The van der Waals surface area contributed by atoms with Crippen LogP contribution in [0.25, 0.3) is 0 Å². The summed E-state index contributed by atoms with van der Waals surface area (Å²) in [6.07, 6.45) is 3.17. The Kier molecular flexibility index (Phi) is 6.37. The van der Waals surface area contributed by atoms with Crippen molar-refractivity contribution in [3.05, 3.63) is 35.9 Å². The van der Waals surface area contributed by atoms with E-state index in [1.165, 1.54) is 5.56 Å². The van der Waals surface area contributed by atoms with Crippen molar-refractivity contribution < 1.29 is 4.74 Å². The average Bonchev–Trinajstić information content (AvgIpc) is 2.43.